The second-order valence-corrected chi connectivity index (χ2v) is 6.46. The Hall–Kier alpha value is -3.74. The highest BCUT2D eigenvalue weighted by atomic mass is 16.5. The largest absolute Gasteiger partial charge is 0.477 e. The van der Waals surface area contributed by atoms with Crippen molar-refractivity contribution in [1.29, 1.82) is 0 Å². The Kier molecular flexibility index (Phi) is 6.19. The summed E-state index contributed by atoms with van der Waals surface area (Å²) in [4.78, 5) is 36.5. The van der Waals surface area contributed by atoms with Gasteiger partial charge in [0.2, 0.25) is 0 Å². The number of benzene rings is 2. The van der Waals surface area contributed by atoms with E-state index in [1.165, 1.54) is 0 Å². The van der Waals surface area contributed by atoms with Gasteiger partial charge in [0.1, 0.15) is 5.56 Å². The lowest BCUT2D eigenvalue weighted by atomic mass is 10.0. The van der Waals surface area contributed by atoms with Gasteiger partial charge in [0, 0.05) is 23.2 Å². The summed E-state index contributed by atoms with van der Waals surface area (Å²) in [5.74, 6) is -1.88. The molecule has 0 fully saturated rings. The second kappa shape index (κ2) is 8.97. The summed E-state index contributed by atoms with van der Waals surface area (Å²) in [6.45, 7) is 1.97. The summed E-state index contributed by atoms with van der Waals surface area (Å²) in [5.41, 5.74) is 0.968. The van der Waals surface area contributed by atoms with Gasteiger partial charge in [-0.3, -0.25) is 9.59 Å². The molecule has 7 heteroatoms. The van der Waals surface area contributed by atoms with Crippen LogP contribution in [0.2, 0.25) is 0 Å². The average molecular weight is 392 g/mol. The van der Waals surface area contributed by atoms with Gasteiger partial charge in [0.05, 0.1) is 0 Å². The number of anilines is 1. The number of aryl methyl sites for hydroxylation is 1. The Labute approximate surface area is 167 Å². The topological polar surface area (TPSA) is 110 Å². The highest BCUT2D eigenvalue weighted by Crippen LogP contribution is 2.19. The van der Waals surface area contributed by atoms with Crippen molar-refractivity contribution >= 4 is 23.3 Å². The predicted octanol–water partition coefficient (Wildman–Crippen LogP) is 4.20. The van der Waals surface area contributed by atoms with Crippen LogP contribution in [0, 0.1) is 0 Å². The SMILES string of the molecule is CCCCc1onc(C(=O)Nc2ccc(C(=O)c3ccccc3)cc2)c1C(=O)O. The van der Waals surface area contributed by atoms with Crippen LogP contribution in [0.5, 0.6) is 0 Å². The summed E-state index contributed by atoms with van der Waals surface area (Å²) < 4.78 is 5.08. The van der Waals surface area contributed by atoms with Crippen LogP contribution >= 0.6 is 0 Å². The lowest BCUT2D eigenvalue weighted by Gasteiger charge is -2.06. The fraction of sp³-hybridized carbons (Fsp3) is 0.182. The van der Waals surface area contributed by atoms with Crippen molar-refractivity contribution in [2.24, 2.45) is 0 Å². The lowest BCUT2D eigenvalue weighted by molar-refractivity contribution is 0.0690. The molecular formula is C22H20N2O5. The second-order valence-electron chi connectivity index (χ2n) is 6.46. The number of nitrogens with zero attached hydrogens (tertiary/aromatic N) is 1. The minimum atomic E-state index is -1.26. The number of rotatable bonds is 8. The third kappa shape index (κ3) is 4.57. The van der Waals surface area contributed by atoms with Gasteiger partial charge in [-0.1, -0.05) is 48.8 Å². The zero-order valence-corrected chi connectivity index (χ0v) is 15.8. The van der Waals surface area contributed by atoms with E-state index >= 15 is 0 Å². The maximum atomic E-state index is 12.5. The molecule has 0 aliphatic carbocycles. The molecule has 0 radical (unpaired) electrons. The molecule has 3 aromatic rings. The fourth-order valence-corrected chi connectivity index (χ4v) is 2.86. The predicted molar refractivity (Wildman–Crippen MR) is 106 cm³/mol. The van der Waals surface area contributed by atoms with E-state index in [-0.39, 0.29) is 22.8 Å². The zero-order chi connectivity index (χ0) is 20.8. The minimum absolute atomic E-state index is 0.131. The summed E-state index contributed by atoms with van der Waals surface area (Å²) in [5, 5.41) is 15.7. The molecule has 0 atom stereocenters. The molecule has 1 amide bonds. The summed E-state index contributed by atoms with van der Waals surface area (Å²) in [6, 6.07) is 15.2. The van der Waals surface area contributed by atoms with E-state index in [4.69, 9.17) is 4.52 Å². The van der Waals surface area contributed by atoms with Crippen molar-refractivity contribution < 1.29 is 24.0 Å². The number of carboxylic acids is 1. The molecule has 0 unspecified atom stereocenters. The molecule has 148 valence electrons. The molecule has 1 aromatic heterocycles. The standard InChI is InChI=1S/C22H20N2O5/c1-2-3-9-17-18(22(27)28)19(24-29-17)21(26)23-16-12-10-15(11-13-16)20(25)14-7-5-4-6-8-14/h4-8,10-13H,2-3,9H2,1H3,(H,23,26)(H,27,28). The maximum Gasteiger partial charge on any atom is 0.341 e. The number of amides is 1. The first-order valence-electron chi connectivity index (χ1n) is 9.24. The smallest absolute Gasteiger partial charge is 0.341 e. The number of aromatic nitrogens is 1. The van der Waals surface area contributed by atoms with E-state index in [0.29, 0.717) is 23.2 Å². The maximum absolute atomic E-state index is 12.5. The molecular weight excluding hydrogens is 372 g/mol. The quantitative estimate of drug-likeness (QED) is 0.556. The van der Waals surface area contributed by atoms with Gasteiger partial charge >= 0.3 is 5.97 Å². The summed E-state index contributed by atoms with van der Waals surface area (Å²) >= 11 is 0. The number of carboxylic acid groups (broad SMARTS) is 1. The lowest BCUT2D eigenvalue weighted by Crippen LogP contribution is -2.17. The molecule has 1 heterocycles. The molecule has 7 nitrogen and oxygen atoms in total. The molecule has 29 heavy (non-hydrogen) atoms. The van der Waals surface area contributed by atoms with E-state index in [1.54, 1.807) is 48.5 Å². The molecule has 0 bridgehead atoms. The first-order valence-corrected chi connectivity index (χ1v) is 9.24. The van der Waals surface area contributed by atoms with Crippen LogP contribution < -0.4 is 5.32 Å². The van der Waals surface area contributed by atoms with E-state index in [1.807, 2.05) is 13.0 Å². The van der Waals surface area contributed by atoms with E-state index in [2.05, 4.69) is 10.5 Å². The molecule has 0 spiro atoms. The van der Waals surface area contributed by atoms with Gasteiger partial charge < -0.3 is 14.9 Å². The molecule has 3 rings (SSSR count). The van der Waals surface area contributed by atoms with Crippen molar-refractivity contribution in [3.63, 3.8) is 0 Å². The van der Waals surface area contributed by atoms with Crippen molar-refractivity contribution in [1.82, 2.24) is 5.16 Å². The van der Waals surface area contributed by atoms with Gasteiger partial charge in [-0.05, 0) is 30.7 Å². The molecule has 0 aliphatic rings. The van der Waals surface area contributed by atoms with Gasteiger partial charge in [-0.2, -0.15) is 0 Å². The molecule has 0 saturated carbocycles. The van der Waals surface area contributed by atoms with Gasteiger partial charge in [0.25, 0.3) is 5.91 Å². The molecule has 2 aromatic carbocycles. The van der Waals surface area contributed by atoms with Crippen LogP contribution in [0.4, 0.5) is 5.69 Å². The van der Waals surface area contributed by atoms with Crippen molar-refractivity contribution in [2.45, 2.75) is 26.2 Å². The van der Waals surface area contributed by atoms with Crippen LogP contribution in [0.1, 0.15) is 62.3 Å². The Morgan fingerprint density at radius 3 is 2.28 bits per heavy atom. The van der Waals surface area contributed by atoms with Crippen LogP contribution in [0.25, 0.3) is 0 Å². The number of ketones is 1. The summed E-state index contributed by atoms with van der Waals surface area (Å²) in [6.07, 6.45) is 1.98. The van der Waals surface area contributed by atoms with Gasteiger partial charge in [0.15, 0.2) is 17.2 Å². The number of carbonyl (C=O) groups is 3. The fourth-order valence-electron chi connectivity index (χ4n) is 2.86. The van der Waals surface area contributed by atoms with Crippen molar-refractivity contribution in [3.8, 4) is 0 Å². The van der Waals surface area contributed by atoms with E-state index in [0.717, 1.165) is 12.8 Å². The van der Waals surface area contributed by atoms with E-state index < -0.39 is 11.9 Å². The molecule has 0 saturated heterocycles. The van der Waals surface area contributed by atoms with E-state index in [9.17, 15) is 19.5 Å². The number of hydrogen-bond acceptors (Lipinski definition) is 5. The monoisotopic (exact) mass is 392 g/mol. The van der Waals surface area contributed by atoms with Crippen LogP contribution in [0.15, 0.2) is 59.1 Å². The van der Waals surface area contributed by atoms with Crippen molar-refractivity contribution in [2.75, 3.05) is 5.32 Å². The average Bonchev–Trinajstić information content (AvgIpc) is 3.17. The van der Waals surface area contributed by atoms with Crippen molar-refractivity contribution in [3.05, 3.63) is 82.7 Å². The summed E-state index contributed by atoms with van der Waals surface area (Å²) in [7, 11) is 0. The van der Waals surface area contributed by atoms with Crippen LogP contribution in [-0.2, 0) is 6.42 Å². The number of unbranched alkanes of at least 4 members (excludes halogenated alkanes) is 1. The third-order valence-electron chi connectivity index (χ3n) is 4.39. The normalized spacial score (nSPS) is 10.5. The molecule has 0 aliphatic heterocycles. The Morgan fingerprint density at radius 2 is 1.66 bits per heavy atom. The Balaban J connectivity index is 1.75. The first-order chi connectivity index (χ1) is 14.0. The Morgan fingerprint density at radius 1 is 1.00 bits per heavy atom. The number of hydrogen-bond donors (Lipinski definition) is 2. The van der Waals surface area contributed by atoms with Gasteiger partial charge in [-0.15, -0.1) is 0 Å². The number of nitrogens with one attached hydrogen (secondary N) is 1. The minimum Gasteiger partial charge on any atom is -0.477 e. The zero-order valence-electron chi connectivity index (χ0n) is 15.8. The number of carbonyl (C=O) groups excluding carboxylic acids is 2. The third-order valence-corrected chi connectivity index (χ3v) is 4.39. The Bertz CT molecular complexity index is 1020. The number of aromatic carboxylic acids is 1. The van der Waals surface area contributed by atoms with Crippen LogP contribution in [-0.4, -0.2) is 27.9 Å². The highest BCUT2D eigenvalue weighted by molar-refractivity contribution is 6.11. The van der Waals surface area contributed by atoms with Crippen LogP contribution in [0.3, 0.4) is 0 Å². The molecule has 2 N–H and O–H groups in total. The van der Waals surface area contributed by atoms with Gasteiger partial charge in [-0.25, -0.2) is 4.79 Å². The highest BCUT2D eigenvalue weighted by Gasteiger charge is 2.27. The first kappa shape index (κ1) is 20.0.